The molecule has 5 heteroatoms. The molecular formula is C12H12N2O2S. The van der Waals surface area contributed by atoms with Crippen molar-refractivity contribution < 1.29 is 9.53 Å². The summed E-state index contributed by atoms with van der Waals surface area (Å²) in [5.74, 6) is 0.162. The van der Waals surface area contributed by atoms with Crippen LogP contribution < -0.4 is 0 Å². The van der Waals surface area contributed by atoms with E-state index in [0.717, 1.165) is 10.6 Å². The molecule has 0 unspecified atom stereocenters. The Kier molecular flexibility index (Phi) is 3.49. The first-order valence-corrected chi connectivity index (χ1v) is 6.15. The molecule has 2 aromatic heterocycles. The van der Waals surface area contributed by atoms with Crippen LogP contribution in [0.4, 0.5) is 0 Å². The standard InChI is InChI=1S/C12H12N2O2S/c1-3-16-12(15)10-7-9(13-8(2)14-10)11-5-4-6-17-11/h4-7H,3H2,1-2H3. The zero-order chi connectivity index (χ0) is 12.3. The Hall–Kier alpha value is -1.75. The third-order valence-corrected chi connectivity index (χ3v) is 2.99. The highest BCUT2D eigenvalue weighted by molar-refractivity contribution is 7.13. The van der Waals surface area contributed by atoms with Gasteiger partial charge in [-0.2, -0.15) is 0 Å². The van der Waals surface area contributed by atoms with Crippen LogP contribution in [0.3, 0.4) is 0 Å². The third kappa shape index (κ3) is 2.68. The quantitative estimate of drug-likeness (QED) is 0.784. The predicted octanol–water partition coefficient (Wildman–Crippen LogP) is 2.69. The molecule has 0 bridgehead atoms. The minimum Gasteiger partial charge on any atom is -0.461 e. The normalized spacial score (nSPS) is 10.2. The Morgan fingerprint density at radius 1 is 1.47 bits per heavy atom. The second-order valence-corrected chi connectivity index (χ2v) is 4.33. The highest BCUT2D eigenvalue weighted by atomic mass is 32.1. The number of hydrogen-bond acceptors (Lipinski definition) is 5. The molecule has 0 aliphatic heterocycles. The van der Waals surface area contributed by atoms with Gasteiger partial charge in [-0.1, -0.05) is 6.07 Å². The second kappa shape index (κ2) is 5.05. The molecule has 0 atom stereocenters. The van der Waals surface area contributed by atoms with E-state index in [-0.39, 0.29) is 0 Å². The molecule has 17 heavy (non-hydrogen) atoms. The van der Waals surface area contributed by atoms with Gasteiger partial charge in [-0.25, -0.2) is 14.8 Å². The fourth-order valence-electron chi connectivity index (χ4n) is 1.43. The maximum atomic E-state index is 11.6. The Labute approximate surface area is 103 Å². The average molecular weight is 248 g/mol. The van der Waals surface area contributed by atoms with Crippen molar-refractivity contribution in [2.24, 2.45) is 0 Å². The second-order valence-electron chi connectivity index (χ2n) is 3.38. The van der Waals surface area contributed by atoms with Gasteiger partial charge in [0.25, 0.3) is 0 Å². The summed E-state index contributed by atoms with van der Waals surface area (Å²) in [6.45, 7) is 3.88. The summed E-state index contributed by atoms with van der Waals surface area (Å²) in [6.07, 6.45) is 0. The number of rotatable bonds is 3. The number of carbonyl (C=O) groups is 1. The van der Waals surface area contributed by atoms with Gasteiger partial charge >= 0.3 is 5.97 Å². The fourth-order valence-corrected chi connectivity index (χ4v) is 2.11. The highest BCUT2D eigenvalue weighted by Gasteiger charge is 2.12. The van der Waals surface area contributed by atoms with E-state index < -0.39 is 5.97 Å². The molecular weight excluding hydrogens is 236 g/mol. The zero-order valence-corrected chi connectivity index (χ0v) is 10.5. The van der Waals surface area contributed by atoms with Crippen molar-refractivity contribution in [1.29, 1.82) is 0 Å². The van der Waals surface area contributed by atoms with Crippen molar-refractivity contribution >= 4 is 17.3 Å². The molecule has 0 radical (unpaired) electrons. The van der Waals surface area contributed by atoms with Crippen molar-refractivity contribution in [3.63, 3.8) is 0 Å². The van der Waals surface area contributed by atoms with E-state index in [1.807, 2.05) is 17.5 Å². The van der Waals surface area contributed by atoms with Crippen LogP contribution in [0.25, 0.3) is 10.6 Å². The summed E-state index contributed by atoms with van der Waals surface area (Å²) in [6, 6.07) is 5.57. The minimum absolute atomic E-state index is 0.308. The highest BCUT2D eigenvalue weighted by Crippen LogP contribution is 2.23. The van der Waals surface area contributed by atoms with Gasteiger partial charge in [0.2, 0.25) is 0 Å². The summed E-state index contributed by atoms with van der Waals surface area (Å²) >= 11 is 1.58. The van der Waals surface area contributed by atoms with Gasteiger partial charge < -0.3 is 4.74 Å². The van der Waals surface area contributed by atoms with Gasteiger partial charge in [-0.05, 0) is 31.4 Å². The van der Waals surface area contributed by atoms with E-state index in [1.54, 1.807) is 31.3 Å². The molecule has 0 saturated heterocycles. The van der Waals surface area contributed by atoms with E-state index >= 15 is 0 Å². The maximum Gasteiger partial charge on any atom is 0.357 e. The van der Waals surface area contributed by atoms with Gasteiger partial charge in [0.1, 0.15) is 5.82 Å². The average Bonchev–Trinajstić information content (AvgIpc) is 2.82. The Balaban J connectivity index is 2.39. The lowest BCUT2D eigenvalue weighted by Crippen LogP contribution is -2.09. The Bertz CT molecular complexity index is 523. The largest absolute Gasteiger partial charge is 0.461 e. The van der Waals surface area contributed by atoms with Gasteiger partial charge in [-0.15, -0.1) is 11.3 Å². The predicted molar refractivity (Wildman–Crippen MR) is 66.0 cm³/mol. The van der Waals surface area contributed by atoms with Crippen molar-refractivity contribution in [3.8, 4) is 10.6 Å². The third-order valence-electron chi connectivity index (χ3n) is 2.10. The number of esters is 1. The van der Waals surface area contributed by atoms with E-state index in [4.69, 9.17) is 4.74 Å². The lowest BCUT2D eigenvalue weighted by molar-refractivity contribution is 0.0519. The summed E-state index contributed by atoms with van der Waals surface area (Å²) in [7, 11) is 0. The van der Waals surface area contributed by atoms with Gasteiger partial charge in [0.05, 0.1) is 17.2 Å². The van der Waals surface area contributed by atoms with Crippen LogP contribution in [-0.4, -0.2) is 22.5 Å². The lowest BCUT2D eigenvalue weighted by atomic mass is 10.2. The zero-order valence-electron chi connectivity index (χ0n) is 9.64. The number of aromatic nitrogens is 2. The number of aryl methyl sites for hydroxylation is 1. The monoisotopic (exact) mass is 248 g/mol. The van der Waals surface area contributed by atoms with Crippen LogP contribution in [0.15, 0.2) is 23.6 Å². The summed E-state index contributed by atoms with van der Waals surface area (Å²) < 4.78 is 4.93. The molecule has 0 aliphatic carbocycles. The Morgan fingerprint density at radius 3 is 2.94 bits per heavy atom. The first kappa shape index (κ1) is 11.7. The van der Waals surface area contributed by atoms with E-state index in [2.05, 4.69) is 9.97 Å². The first-order valence-electron chi connectivity index (χ1n) is 5.27. The number of carbonyl (C=O) groups excluding carboxylic acids is 1. The lowest BCUT2D eigenvalue weighted by Gasteiger charge is -2.04. The van der Waals surface area contributed by atoms with Gasteiger partial charge in [0.15, 0.2) is 5.69 Å². The van der Waals surface area contributed by atoms with Crippen LogP contribution in [0.5, 0.6) is 0 Å². The first-order chi connectivity index (χ1) is 8.20. The fraction of sp³-hybridized carbons (Fsp3) is 0.250. The van der Waals surface area contributed by atoms with Crippen molar-refractivity contribution in [2.75, 3.05) is 6.61 Å². The van der Waals surface area contributed by atoms with E-state index in [1.165, 1.54) is 0 Å². The molecule has 0 spiro atoms. The minimum atomic E-state index is -0.407. The Morgan fingerprint density at radius 2 is 2.29 bits per heavy atom. The SMILES string of the molecule is CCOC(=O)c1cc(-c2cccs2)nc(C)n1. The van der Waals surface area contributed by atoms with Gasteiger partial charge in [-0.3, -0.25) is 0 Å². The molecule has 0 aliphatic rings. The maximum absolute atomic E-state index is 11.6. The van der Waals surface area contributed by atoms with Crippen LogP contribution in [0, 0.1) is 6.92 Å². The summed E-state index contributed by atoms with van der Waals surface area (Å²) in [4.78, 5) is 21.0. The molecule has 0 fully saturated rings. The molecule has 0 aromatic carbocycles. The van der Waals surface area contributed by atoms with Crippen LogP contribution in [0.1, 0.15) is 23.2 Å². The van der Waals surface area contributed by atoms with Crippen molar-refractivity contribution in [2.45, 2.75) is 13.8 Å². The van der Waals surface area contributed by atoms with E-state index in [9.17, 15) is 4.79 Å². The van der Waals surface area contributed by atoms with Crippen molar-refractivity contribution in [3.05, 3.63) is 35.1 Å². The molecule has 0 saturated carbocycles. The molecule has 4 nitrogen and oxygen atoms in total. The molecule has 2 rings (SSSR count). The van der Waals surface area contributed by atoms with Gasteiger partial charge in [0, 0.05) is 0 Å². The van der Waals surface area contributed by atoms with Crippen LogP contribution >= 0.6 is 11.3 Å². The van der Waals surface area contributed by atoms with E-state index in [0.29, 0.717) is 18.1 Å². The number of thiophene rings is 1. The number of ether oxygens (including phenoxy) is 1. The number of nitrogens with zero attached hydrogens (tertiary/aromatic N) is 2. The molecule has 2 heterocycles. The topological polar surface area (TPSA) is 52.1 Å². The smallest absolute Gasteiger partial charge is 0.357 e. The summed E-state index contributed by atoms with van der Waals surface area (Å²) in [5.41, 5.74) is 1.07. The van der Waals surface area contributed by atoms with Crippen molar-refractivity contribution in [1.82, 2.24) is 9.97 Å². The van der Waals surface area contributed by atoms with Crippen LogP contribution in [0.2, 0.25) is 0 Å². The molecule has 2 aromatic rings. The molecule has 88 valence electrons. The molecule has 0 amide bonds. The molecule has 0 N–H and O–H groups in total. The number of hydrogen-bond donors (Lipinski definition) is 0. The van der Waals surface area contributed by atoms with Crippen LogP contribution in [-0.2, 0) is 4.74 Å². The summed E-state index contributed by atoms with van der Waals surface area (Å²) in [5, 5.41) is 1.97.